The molecule has 1 aromatic rings. The average Bonchev–Trinajstić information content (AvgIpc) is 2.80. The fourth-order valence-corrected chi connectivity index (χ4v) is 2.35. The first-order valence-electron chi connectivity index (χ1n) is 10.4. The second-order valence-electron chi connectivity index (χ2n) is 7.00. The van der Waals surface area contributed by atoms with Crippen LogP contribution in [0.1, 0.15) is 24.2 Å². The Labute approximate surface area is 206 Å². The Kier molecular flexibility index (Phi) is 20.4. The first-order chi connectivity index (χ1) is 15.7. The summed E-state index contributed by atoms with van der Waals surface area (Å²) in [5.41, 5.74) is 2.77. The number of hydrazine groups is 1. The largest absolute Gasteiger partial charge is 0.468 e. The highest BCUT2D eigenvalue weighted by molar-refractivity contribution is 5.94. The van der Waals surface area contributed by atoms with Gasteiger partial charge in [-0.3, -0.25) is 25.0 Å². The van der Waals surface area contributed by atoms with E-state index in [4.69, 9.17) is 5.84 Å². The van der Waals surface area contributed by atoms with Crippen LogP contribution < -0.4 is 32.5 Å². The molecular formula is C21H37ClN6O6. The van der Waals surface area contributed by atoms with Gasteiger partial charge >= 0.3 is 11.9 Å². The predicted octanol–water partition coefficient (Wildman–Crippen LogP) is -1.29. The molecule has 2 amide bonds. The van der Waals surface area contributed by atoms with Gasteiger partial charge in [-0.2, -0.15) is 0 Å². The van der Waals surface area contributed by atoms with Crippen molar-refractivity contribution in [1.29, 1.82) is 0 Å². The van der Waals surface area contributed by atoms with Crippen LogP contribution in [-0.2, 0) is 23.9 Å². The summed E-state index contributed by atoms with van der Waals surface area (Å²) in [6, 6.07) is 9.23. The number of nitrogens with one attached hydrogen (secondary N) is 5. The third kappa shape index (κ3) is 17.7. The molecular weight excluding hydrogens is 468 g/mol. The smallest absolute Gasteiger partial charge is 0.321 e. The van der Waals surface area contributed by atoms with Gasteiger partial charge in [0.25, 0.3) is 5.91 Å². The van der Waals surface area contributed by atoms with Crippen molar-refractivity contribution >= 4 is 36.2 Å². The monoisotopic (exact) mass is 504 g/mol. The summed E-state index contributed by atoms with van der Waals surface area (Å²) >= 11 is 0. The van der Waals surface area contributed by atoms with Crippen molar-refractivity contribution in [3.8, 4) is 0 Å². The number of hydrogen-bond donors (Lipinski definition) is 6. The number of halogens is 1. The van der Waals surface area contributed by atoms with Crippen molar-refractivity contribution in [2.24, 2.45) is 5.84 Å². The Morgan fingerprint density at radius 2 is 1.71 bits per heavy atom. The summed E-state index contributed by atoms with van der Waals surface area (Å²) in [6.45, 7) is 5.93. The van der Waals surface area contributed by atoms with E-state index in [0.717, 1.165) is 6.54 Å². The van der Waals surface area contributed by atoms with E-state index in [2.05, 4.69) is 36.2 Å². The lowest BCUT2D eigenvalue weighted by molar-refractivity contribution is -0.140. The lowest BCUT2D eigenvalue weighted by Crippen LogP contribution is -2.50. The molecule has 0 aromatic heterocycles. The van der Waals surface area contributed by atoms with Crippen molar-refractivity contribution in [3.05, 3.63) is 35.9 Å². The molecule has 194 valence electrons. The number of benzene rings is 1. The van der Waals surface area contributed by atoms with Crippen LogP contribution in [-0.4, -0.2) is 82.8 Å². The van der Waals surface area contributed by atoms with Gasteiger partial charge in [0.2, 0.25) is 5.91 Å². The first-order valence-corrected chi connectivity index (χ1v) is 10.4. The Morgan fingerprint density at radius 1 is 1.12 bits per heavy atom. The first kappa shape index (κ1) is 33.4. The number of carbonyl (C=O) groups is 4. The number of esters is 2. The van der Waals surface area contributed by atoms with E-state index in [0.29, 0.717) is 24.7 Å². The second kappa shape index (κ2) is 20.8. The number of methoxy groups -OCH3 is 2. The van der Waals surface area contributed by atoms with E-state index >= 15 is 0 Å². The van der Waals surface area contributed by atoms with Crippen molar-refractivity contribution in [3.63, 3.8) is 0 Å². The molecule has 1 aliphatic rings. The molecule has 0 bridgehead atoms. The van der Waals surface area contributed by atoms with E-state index in [1.54, 1.807) is 12.1 Å². The number of nitrogens with two attached hydrogens (primary N) is 1. The Hall–Kier alpha value is -2.77. The van der Waals surface area contributed by atoms with E-state index in [1.165, 1.54) is 14.2 Å². The highest BCUT2D eigenvalue weighted by atomic mass is 35.5. The average molecular weight is 505 g/mol. The molecule has 1 heterocycles. The van der Waals surface area contributed by atoms with Gasteiger partial charge in [0.15, 0.2) is 0 Å². The standard InChI is InChI=1S/C13H18N2O3.C5H10N2O.C3H8N2O2.ClH/c1-10(8-14-9-12(16)18-2)15-13(17)11-6-4-3-5-7-11;1-4-2-6-3-5(8)7-4;1-7-3(6)2-5-4;/h3-7,10,14H,8-9H2,1-2H3,(H,15,17);4,6H,2-3H2,1H3,(H,7,8);5H,2,4H2,1H3;1H/t10-;4-;;/m10../s1. The number of rotatable bonds is 8. The van der Waals surface area contributed by atoms with Crippen LogP contribution in [0.2, 0.25) is 0 Å². The van der Waals surface area contributed by atoms with Crippen molar-refractivity contribution in [2.45, 2.75) is 25.9 Å². The zero-order chi connectivity index (χ0) is 25.1. The van der Waals surface area contributed by atoms with Crippen LogP contribution >= 0.6 is 12.4 Å². The van der Waals surface area contributed by atoms with Gasteiger partial charge in [0.1, 0.15) is 6.54 Å². The van der Waals surface area contributed by atoms with Crippen LogP contribution in [0.3, 0.4) is 0 Å². The third-order valence-corrected chi connectivity index (χ3v) is 3.98. The summed E-state index contributed by atoms with van der Waals surface area (Å²) in [7, 11) is 2.64. The third-order valence-electron chi connectivity index (χ3n) is 3.98. The van der Waals surface area contributed by atoms with Crippen molar-refractivity contribution in [2.75, 3.05) is 46.9 Å². The zero-order valence-corrected chi connectivity index (χ0v) is 20.8. The minimum absolute atomic E-state index is 0. The maximum absolute atomic E-state index is 11.8. The highest BCUT2D eigenvalue weighted by Crippen LogP contribution is 1.98. The van der Waals surface area contributed by atoms with Crippen molar-refractivity contribution < 1.29 is 28.7 Å². The van der Waals surface area contributed by atoms with E-state index in [9.17, 15) is 19.2 Å². The molecule has 0 spiro atoms. The zero-order valence-electron chi connectivity index (χ0n) is 20.0. The minimum Gasteiger partial charge on any atom is -0.468 e. The molecule has 1 aromatic carbocycles. The van der Waals surface area contributed by atoms with Gasteiger partial charge in [-0.1, -0.05) is 18.2 Å². The molecule has 0 saturated carbocycles. The quantitative estimate of drug-likeness (QED) is 0.142. The molecule has 34 heavy (non-hydrogen) atoms. The van der Waals surface area contributed by atoms with Gasteiger partial charge < -0.3 is 30.7 Å². The Balaban J connectivity index is 0. The minimum atomic E-state index is -0.359. The van der Waals surface area contributed by atoms with E-state index < -0.39 is 0 Å². The van der Waals surface area contributed by atoms with E-state index in [1.807, 2.05) is 32.0 Å². The van der Waals surface area contributed by atoms with Gasteiger partial charge in [0, 0.05) is 30.7 Å². The number of piperazine rings is 1. The van der Waals surface area contributed by atoms with Crippen LogP contribution in [0.15, 0.2) is 30.3 Å². The van der Waals surface area contributed by atoms with Gasteiger partial charge in [0.05, 0.1) is 27.3 Å². The summed E-state index contributed by atoms with van der Waals surface area (Å²) in [4.78, 5) is 43.2. The molecule has 0 aliphatic carbocycles. The number of carbonyl (C=O) groups excluding carboxylic acids is 4. The fourth-order valence-electron chi connectivity index (χ4n) is 2.35. The second-order valence-corrected chi connectivity index (χ2v) is 7.00. The summed E-state index contributed by atoms with van der Waals surface area (Å²) in [5.74, 6) is 4.05. The molecule has 1 aliphatic heterocycles. The van der Waals surface area contributed by atoms with Crippen LogP contribution in [0.5, 0.6) is 0 Å². The predicted molar refractivity (Wildman–Crippen MR) is 130 cm³/mol. The topological polar surface area (TPSA) is 173 Å². The molecule has 13 heteroatoms. The summed E-state index contributed by atoms with van der Waals surface area (Å²) in [6.07, 6.45) is 0. The molecule has 0 unspecified atom stereocenters. The molecule has 2 rings (SSSR count). The maximum Gasteiger partial charge on any atom is 0.321 e. The van der Waals surface area contributed by atoms with Gasteiger partial charge in [-0.05, 0) is 26.0 Å². The van der Waals surface area contributed by atoms with Gasteiger partial charge in [-0.15, -0.1) is 12.4 Å². The number of hydrogen-bond acceptors (Lipinski definition) is 10. The molecule has 1 saturated heterocycles. The molecule has 0 radical (unpaired) electrons. The molecule has 7 N–H and O–H groups in total. The van der Waals surface area contributed by atoms with E-state index in [-0.39, 0.29) is 55.3 Å². The number of amides is 2. The lowest BCUT2D eigenvalue weighted by Gasteiger charge is -2.19. The Bertz CT molecular complexity index is 725. The fraction of sp³-hybridized carbons (Fsp3) is 0.524. The molecule has 2 atom stereocenters. The number of ether oxygens (including phenoxy) is 2. The molecule has 1 fully saturated rings. The maximum atomic E-state index is 11.8. The normalized spacial score (nSPS) is 14.9. The van der Waals surface area contributed by atoms with Crippen LogP contribution in [0, 0.1) is 0 Å². The van der Waals surface area contributed by atoms with Crippen LogP contribution in [0.4, 0.5) is 0 Å². The molecule has 12 nitrogen and oxygen atoms in total. The SMILES string of the molecule is COC(=O)CNC[C@@H](C)NC(=O)c1ccccc1.COC(=O)CNN.C[C@H]1CNCC(=O)N1.Cl. The summed E-state index contributed by atoms with van der Waals surface area (Å²) in [5, 5.41) is 11.5. The Morgan fingerprint density at radius 3 is 2.15 bits per heavy atom. The van der Waals surface area contributed by atoms with Crippen LogP contribution in [0.25, 0.3) is 0 Å². The van der Waals surface area contributed by atoms with Crippen molar-refractivity contribution in [1.82, 2.24) is 26.7 Å². The lowest BCUT2D eigenvalue weighted by atomic mass is 10.2. The van der Waals surface area contributed by atoms with Gasteiger partial charge in [-0.25, -0.2) is 5.43 Å². The highest BCUT2D eigenvalue weighted by Gasteiger charge is 2.11. The summed E-state index contributed by atoms with van der Waals surface area (Å²) < 4.78 is 8.70.